The zero-order valence-corrected chi connectivity index (χ0v) is 10.9. The Bertz CT molecular complexity index is 596. The van der Waals surface area contributed by atoms with Gasteiger partial charge in [0.05, 0.1) is 11.2 Å². The van der Waals surface area contributed by atoms with Crippen molar-refractivity contribution in [3.05, 3.63) is 30.0 Å². The average molecular weight is 257 g/mol. The van der Waals surface area contributed by atoms with Crippen LogP contribution in [0.15, 0.2) is 24.3 Å². The van der Waals surface area contributed by atoms with E-state index >= 15 is 0 Å². The third-order valence-electron chi connectivity index (χ3n) is 3.96. The lowest BCUT2D eigenvalue weighted by atomic mass is 10.1. The molecule has 3 rings (SSSR count). The molecule has 0 radical (unpaired) electrons. The van der Waals surface area contributed by atoms with Gasteiger partial charge in [-0.1, -0.05) is 25.0 Å². The summed E-state index contributed by atoms with van der Waals surface area (Å²) >= 11 is 0. The minimum atomic E-state index is -0.0394. The summed E-state index contributed by atoms with van der Waals surface area (Å²) in [5.74, 6) is 0.612. The molecule has 1 aliphatic rings. The van der Waals surface area contributed by atoms with E-state index in [0.717, 1.165) is 17.4 Å². The molecule has 1 aromatic carbocycles. The number of rotatable bonds is 3. The maximum absolute atomic E-state index is 12.1. The zero-order valence-electron chi connectivity index (χ0n) is 10.9. The minimum Gasteiger partial charge on any atom is -0.397 e. The molecule has 0 aliphatic heterocycles. The molecule has 0 atom stereocenters. The molecule has 0 saturated heterocycles. The maximum Gasteiger partial charge on any atom is 0.267 e. The number of carbonyl (C=O) groups is 1. The number of hydrogen-bond donors (Lipinski definition) is 3. The molecule has 1 aliphatic carbocycles. The van der Waals surface area contributed by atoms with Crippen LogP contribution in [0.3, 0.4) is 0 Å². The van der Waals surface area contributed by atoms with Crippen LogP contribution in [0.4, 0.5) is 5.69 Å². The zero-order chi connectivity index (χ0) is 13.2. The number of anilines is 1. The highest BCUT2D eigenvalue weighted by molar-refractivity contribution is 6.00. The van der Waals surface area contributed by atoms with Crippen molar-refractivity contribution < 1.29 is 4.79 Å². The van der Waals surface area contributed by atoms with Gasteiger partial charge in [-0.25, -0.2) is 0 Å². The normalized spacial score (nSPS) is 16.0. The van der Waals surface area contributed by atoms with E-state index in [9.17, 15) is 4.79 Å². The monoisotopic (exact) mass is 257 g/mol. The molecule has 2 aromatic rings. The quantitative estimate of drug-likeness (QED) is 0.740. The highest BCUT2D eigenvalue weighted by Crippen LogP contribution is 2.24. The lowest BCUT2D eigenvalue weighted by Gasteiger charge is -2.09. The van der Waals surface area contributed by atoms with Gasteiger partial charge in [-0.2, -0.15) is 0 Å². The molecule has 4 nitrogen and oxygen atoms in total. The second kappa shape index (κ2) is 4.96. The van der Waals surface area contributed by atoms with Crippen LogP contribution in [0, 0.1) is 5.92 Å². The van der Waals surface area contributed by atoms with E-state index in [4.69, 9.17) is 5.73 Å². The molecule has 19 heavy (non-hydrogen) atoms. The summed E-state index contributed by atoms with van der Waals surface area (Å²) in [7, 11) is 0. The molecule has 1 aromatic heterocycles. The van der Waals surface area contributed by atoms with E-state index in [-0.39, 0.29) is 5.91 Å². The number of benzene rings is 1. The van der Waals surface area contributed by atoms with Gasteiger partial charge in [-0.15, -0.1) is 0 Å². The summed E-state index contributed by atoms with van der Waals surface area (Å²) < 4.78 is 0. The van der Waals surface area contributed by atoms with Crippen LogP contribution in [0.1, 0.15) is 36.2 Å². The van der Waals surface area contributed by atoms with E-state index in [1.54, 1.807) is 0 Å². The van der Waals surface area contributed by atoms with Crippen molar-refractivity contribution in [2.75, 3.05) is 12.3 Å². The number of nitrogens with one attached hydrogen (secondary N) is 2. The van der Waals surface area contributed by atoms with Gasteiger partial charge in [-0.05, 0) is 30.9 Å². The number of amides is 1. The SMILES string of the molecule is Nc1cccc2cc(C(=O)NCC3CCCC3)[nH]c12. The van der Waals surface area contributed by atoms with Crippen molar-refractivity contribution >= 4 is 22.5 Å². The van der Waals surface area contributed by atoms with Crippen molar-refractivity contribution in [2.24, 2.45) is 5.92 Å². The second-order valence-corrected chi connectivity index (χ2v) is 5.35. The molecule has 100 valence electrons. The standard InChI is InChI=1S/C15H19N3O/c16-12-7-3-6-11-8-13(18-14(11)12)15(19)17-9-10-4-1-2-5-10/h3,6-8,10,18H,1-2,4-5,9,16H2,(H,17,19). The largest absolute Gasteiger partial charge is 0.397 e. The number of aromatic nitrogens is 1. The molecular weight excluding hydrogens is 238 g/mol. The second-order valence-electron chi connectivity index (χ2n) is 5.35. The molecule has 1 fully saturated rings. The van der Waals surface area contributed by atoms with Crippen molar-refractivity contribution in [3.8, 4) is 0 Å². The molecule has 0 bridgehead atoms. The van der Waals surface area contributed by atoms with E-state index < -0.39 is 0 Å². The van der Waals surface area contributed by atoms with Crippen molar-refractivity contribution in [3.63, 3.8) is 0 Å². The Morgan fingerprint density at radius 3 is 2.89 bits per heavy atom. The molecule has 4 N–H and O–H groups in total. The summed E-state index contributed by atoms with van der Waals surface area (Å²) in [6.07, 6.45) is 5.06. The molecular formula is C15H19N3O. The maximum atomic E-state index is 12.1. The van der Waals surface area contributed by atoms with Gasteiger partial charge in [0.15, 0.2) is 0 Å². The number of nitrogens with two attached hydrogens (primary N) is 1. The predicted octanol–water partition coefficient (Wildman–Crippen LogP) is 2.67. The number of fused-ring (bicyclic) bond motifs is 1. The molecule has 0 spiro atoms. The Hall–Kier alpha value is -1.97. The Morgan fingerprint density at radius 1 is 1.37 bits per heavy atom. The van der Waals surface area contributed by atoms with Crippen LogP contribution in [0.2, 0.25) is 0 Å². The Balaban J connectivity index is 1.72. The summed E-state index contributed by atoms with van der Waals surface area (Å²) in [5, 5.41) is 3.99. The molecule has 1 saturated carbocycles. The van der Waals surface area contributed by atoms with Crippen molar-refractivity contribution in [2.45, 2.75) is 25.7 Å². The number of para-hydroxylation sites is 1. The fraction of sp³-hybridized carbons (Fsp3) is 0.400. The first-order valence-electron chi connectivity index (χ1n) is 6.89. The van der Waals surface area contributed by atoms with Crippen LogP contribution in [0.25, 0.3) is 10.9 Å². The number of hydrogen-bond acceptors (Lipinski definition) is 2. The third kappa shape index (κ3) is 2.43. The van der Waals surface area contributed by atoms with Crippen molar-refractivity contribution in [1.29, 1.82) is 0 Å². The van der Waals surface area contributed by atoms with Gasteiger partial charge in [0.2, 0.25) is 0 Å². The van der Waals surface area contributed by atoms with E-state index in [1.165, 1.54) is 25.7 Å². The smallest absolute Gasteiger partial charge is 0.267 e. The van der Waals surface area contributed by atoms with Gasteiger partial charge in [0.25, 0.3) is 5.91 Å². The van der Waals surface area contributed by atoms with Crippen LogP contribution >= 0.6 is 0 Å². The Kier molecular flexibility index (Phi) is 3.15. The Labute approximate surface area is 112 Å². The lowest BCUT2D eigenvalue weighted by molar-refractivity contribution is 0.0943. The van der Waals surface area contributed by atoms with Crippen molar-refractivity contribution in [1.82, 2.24) is 10.3 Å². The van der Waals surface area contributed by atoms with Gasteiger partial charge in [-0.3, -0.25) is 4.79 Å². The number of nitrogen functional groups attached to an aromatic ring is 1. The third-order valence-corrected chi connectivity index (χ3v) is 3.96. The topological polar surface area (TPSA) is 70.9 Å². The average Bonchev–Trinajstić information content (AvgIpc) is 3.05. The van der Waals surface area contributed by atoms with Gasteiger partial charge >= 0.3 is 0 Å². The fourth-order valence-corrected chi connectivity index (χ4v) is 2.85. The first-order valence-corrected chi connectivity index (χ1v) is 6.89. The van der Waals surface area contributed by atoms with Crippen LogP contribution in [0.5, 0.6) is 0 Å². The first-order chi connectivity index (χ1) is 9.24. The molecule has 4 heteroatoms. The van der Waals surface area contributed by atoms with Gasteiger partial charge in [0, 0.05) is 11.9 Å². The summed E-state index contributed by atoms with van der Waals surface area (Å²) in [4.78, 5) is 15.2. The summed E-state index contributed by atoms with van der Waals surface area (Å²) in [6.45, 7) is 0.781. The van der Waals surface area contributed by atoms with Crippen LogP contribution in [-0.2, 0) is 0 Å². The molecule has 1 amide bonds. The van der Waals surface area contributed by atoms with E-state index in [2.05, 4.69) is 10.3 Å². The minimum absolute atomic E-state index is 0.0394. The number of carbonyl (C=O) groups excluding carboxylic acids is 1. The van der Waals surface area contributed by atoms with E-state index in [0.29, 0.717) is 17.3 Å². The van der Waals surface area contributed by atoms with Gasteiger partial charge in [0.1, 0.15) is 5.69 Å². The molecule has 0 unspecified atom stereocenters. The molecule has 1 heterocycles. The number of aromatic amines is 1. The number of H-pyrrole nitrogens is 1. The highest BCUT2D eigenvalue weighted by Gasteiger charge is 2.17. The van der Waals surface area contributed by atoms with Crippen LogP contribution in [-0.4, -0.2) is 17.4 Å². The summed E-state index contributed by atoms with van der Waals surface area (Å²) in [5.41, 5.74) is 7.98. The predicted molar refractivity (Wildman–Crippen MR) is 77.0 cm³/mol. The lowest BCUT2D eigenvalue weighted by Crippen LogP contribution is -2.28. The van der Waals surface area contributed by atoms with E-state index in [1.807, 2.05) is 24.3 Å². The highest BCUT2D eigenvalue weighted by atomic mass is 16.1. The van der Waals surface area contributed by atoms with Crippen LogP contribution < -0.4 is 11.1 Å². The Morgan fingerprint density at radius 2 is 2.16 bits per heavy atom. The fourth-order valence-electron chi connectivity index (χ4n) is 2.85. The van der Waals surface area contributed by atoms with Gasteiger partial charge < -0.3 is 16.0 Å². The summed E-state index contributed by atoms with van der Waals surface area (Å²) in [6, 6.07) is 7.54. The first kappa shape index (κ1) is 12.1.